The van der Waals surface area contributed by atoms with E-state index in [1.807, 2.05) is 30.3 Å². The number of nitrogens with zero attached hydrogens (tertiary/aromatic N) is 2. The van der Waals surface area contributed by atoms with Gasteiger partial charge in [-0.3, -0.25) is 9.59 Å². The van der Waals surface area contributed by atoms with E-state index >= 15 is 0 Å². The number of anilines is 3. The highest BCUT2D eigenvalue weighted by Crippen LogP contribution is 2.25. The molecular formula is C28H32N4O3. The van der Waals surface area contributed by atoms with E-state index in [0.717, 1.165) is 24.3 Å². The number of carbonyl (C=O) groups excluding carboxylic acids is 2. The number of aromatic nitrogens is 1. The number of hydrogen-bond donors (Lipinski definition) is 2. The van der Waals surface area contributed by atoms with Gasteiger partial charge in [0.25, 0.3) is 5.91 Å². The first-order chi connectivity index (χ1) is 16.9. The van der Waals surface area contributed by atoms with Crippen LogP contribution >= 0.6 is 0 Å². The first-order valence-electron chi connectivity index (χ1n) is 12.0. The summed E-state index contributed by atoms with van der Waals surface area (Å²) in [4.78, 5) is 32.1. The fourth-order valence-electron chi connectivity index (χ4n) is 4.20. The van der Waals surface area contributed by atoms with Gasteiger partial charge in [-0.05, 0) is 60.7 Å². The Kier molecular flexibility index (Phi) is 7.65. The molecule has 2 heterocycles. The molecule has 2 amide bonds. The Bertz CT molecular complexity index is 1170. The Balaban J connectivity index is 1.33. The third-order valence-electron chi connectivity index (χ3n) is 6.37. The molecule has 0 saturated carbocycles. The SMILES string of the molecule is COc1cccc(NC(=O)c2ccnc(N3CCC(C(=O)Nc4ccc(C(C)C)cc4)CC3)c2)c1. The highest BCUT2D eigenvalue weighted by atomic mass is 16.5. The molecule has 1 aliphatic heterocycles. The summed E-state index contributed by atoms with van der Waals surface area (Å²) in [5.74, 6) is 1.68. The van der Waals surface area contributed by atoms with Gasteiger partial charge in [0.2, 0.25) is 5.91 Å². The maximum atomic E-state index is 12.8. The maximum absolute atomic E-state index is 12.8. The zero-order valence-electron chi connectivity index (χ0n) is 20.5. The molecule has 7 heteroatoms. The molecule has 2 aromatic carbocycles. The number of ether oxygens (including phenoxy) is 1. The van der Waals surface area contributed by atoms with Gasteiger partial charge >= 0.3 is 0 Å². The van der Waals surface area contributed by atoms with Gasteiger partial charge in [-0.2, -0.15) is 0 Å². The zero-order valence-corrected chi connectivity index (χ0v) is 20.5. The summed E-state index contributed by atoms with van der Waals surface area (Å²) in [5.41, 5.74) is 3.28. The minimum Gasteiger partial charge on any atom is -0.497 e. The van der Waals surface area contributed by atoms with Gasteiger partial charge in [0.15, 0.2) is 0 Å². The molecule has 4 rings (SSSR count). The summed E-state index contributed by atoms with van der Waals surface area (Å²) >= 11 is 0. The monoisotopic (exact) mass is 472 g/mol. The largest absolute Gasteiger partial charge is 0.497 e. The zero-order chi connectivity index (χ0) is 24.8. The van der Waals surface area contributed by atoms with Crippen molar-refractivity contribution in [3.8, 4) is 5.75 Å². The lowest BCUT2D eigenvalue weighted by atomic mass is 9.95. The number of piperidine rings is 1. The maximum Gasteiger partial charge on any atom is 0.255 e. The predicted octanol–water partition coefficient (Wildman–Crippen LogP) is 5.32. The third kappa shape index (κ3) is 6.18. The average Bonchev–Trinajstić information content (AvgIpc) is 2.89. The van der Waals surface area contributed by atoms with Gasteiger partial charge in [0.1, 0.15) is 11.6 Å². The lowest BCUT2D eigenvalue weighted by molar-refractivity contribution is -0.120. The van der Waals surface area contributed by atoms with Crippen LogP contribution in [0.15, 0.2) is 66.9 Å². The van der Waals surface area contributed by atoms with Gasteiger partial charge in [-0.25, -0.2) is 4.98 Å². The molecule has 182 valence electrons. The molecular weight excluding hydrogens is 440 g/mol. The Morgan fingerprint density at radius 3 is 2.40 bits per heavy atom. The van der Waals surface area contributed by atoms with Gasteiger partial charge in [-0.15, -0.1) is 0 Å². The fraction of sp³-hybridized carbons (Fsp3) is 0.321. The predicted molar refractivity (Wildman–Crippen MR) is 139 cm³/mol. The summed E-state index contributed by atoms with van der Waals surface area (Å²) in [6.07, 6.45) is 3.12. The van der Waals surface area contributed by atoms with Crippen LogP contribution in [0.5, 0.6) is 5.75 Å². The van der Waals surface area contributed by atoms with E-state index in [-0.39, 0.29) is 17.7 Å². The summed E-state index contributed by atoms with van der Waals surface area (Å²) < 4.78 is 5.22. The molecule has 0 unspecified atom stereocenters. The Morgan fingerprint density at radius 2 is 1.71 bits per heavy atom. The minimum absolute atomic E-state index is 0.0458. The van der Waals surface area contributed by atoms with Crippen molar-refractivity contribution in [2.24, 2.45) is 5.92 Å². The summed E-state index contributed by atoms with van der Waals surface area (Å²) in [7, 11) is 1.59. The summed E-state index contributed by atoms with van der Waals surface area (Å²) in [6, 6.07) is 18.8. The molecule has 35 heavy (non-hydrogen) atoms. The van der Waals surface area contributed by atoms with E-state index in [1.165, 1.54) is 5.56 Å². The van der Waals surface area contributed by atoms with Crippen molar-refractivity contribution in [2.75, 3.05) is 35.7 Å². The van der Waals surface area contributed by atoms with Crippen LogP contribution < -0.4 is 20.3 Å². The number of carbonyl (C=O) groups is 2. The molecule has 0 radical (unpaired) electrons. The van der Waals surface area contributed by atoms with Crippen molar-refractivity contribution in [1.82, 2.24) is 4.98 Å². The molecule has 7 nitrogen and oxygen atoms in total. The Hall–Kier alpha value is -3.87. The number of amides is 2. The Morgan fingerprint density at radius 1 is 0.971 bits per heavy atom. The van der Waals surface area contributed by atoms with Crippen LogP contribution in [-0.2, 0) is 4.79 Å². The highest BCUT2D eigenvalue weighted by molar-refractivity contribution is 6.04. The number of nitrogens with one attached hydrogen (secondary N) is 2. The molecule has 0 spiro atoms. The van der Waals surface area contributed by atoms with E-state index < -0.39 is 0 Å². The second-order valence-corrected chi connectivity index (χ2v) is 9.12. The van der Waals surface area contributed by atoms with Crippen molar-refractivity contribution >= 4 is 29.0 Å². The smallest absolute Gasteiger partial charge is 0.255 e. The number of benzene rings is 2. The van der Waals surface area contributed by atoms with Gasteiger partial charge in [-0.1, -0.05) is 32.0 Å². The van der Waals surface area contributed by atoms with Crippen LogP contribution in [0, 0.1) is 5.92 Å². The van der Waals surface area contributed by atoms with Crippen LogP contribution in [0.25, 0.3) is 0 Å². The number of methoxy groups -OCH3 is 1. The van der Waals surface area contributed by atoms with Gasteiger partial charge in [0, 0.05) is 48.2 Å². The molecule has 1 aromatic heterocycles. The molecule has 0 aliphatic carbocycles. The second kappa shape index (κ2) is 11.0. The summed E-state index contributed by atoms with van der Waals surface area (Å²) in [6.45, 7) is 5.72. The average molecular weight is 473 g/mol. The van der Waals surface area contributed by atoms with Crippen molar-refractivity contribution < 1.29 is 14.3 Å². The highest BCUT2D eigenvalue weighted by Gasteiger charge is 2.26. The number of hydrogen-bond acceptors (Lipinski definition) is 5. The quantitative estimate of drug-likeness (QED) is 0.486. The van der Waals surface area contributed by atoms with Crippen LogP contribution in [0.1, 0.15) is 48.5 Å². The van der Waals surface area contributed by atoms with Crippen LogP contribution in [-0.4, -0.2) is 37.0 Å². The third-order valence-corrected chi connectivity index (χ3v) is 6.37. The van der Waals surface area contributed by atoms with E-state index in [4.69, 9.17) is 4.74 Å². The molecule has 0 bridgehead atoms. The van der Waals surface area contributed by atoms with E-state index in [0.29, 0.717) is 36.0 Å². The van der Waals surface area contributed by atoms with E-state index in [1.54, 1.807) is 31.5 Å². The van der Waals surface area contributed by atoms with Crippen molar-refractivity contribution in [3.63, 3.8) is 0 Å². The number of rotatable bonds is 7. The van der Waals surface area contributed by atoms with Crippen molar-refractivity contribution in [2.45, 2.75) is 32.6 Å². The molecule has 1 saturated heterocycles. The van der Waals surface area contributed by atoms with Crippen molar-refractivity contribution in [1.29, 1.82) is 0 Å². The summed E-state index contributed by atoms with van der Waals surface area (Å²) in [5, 5.41) is 5.95. The molecule has 0 atom stereocenters. The standard InChI is InChI=1S/C28H32N4O3/c1-19(2)20-7-9-23(10-8-20)30-27(33)21-12-15-32(16-13-21)26-17-22(11-14-29-26)28(34)31-24-5-4-6-25(18-24)35-3/h4-11,14,17-19,21H,12-13,15-16H2,1-3H3,(H,30,33)(H,31,34). The normalized spacial score (nSPS) is 14.0. The van der Waals surface area contributed by atoms with Gasteiger partial charge in [0.05, 0.1) is 7.11 Å². The topological polar surface area (TPSA) is 83.6 Å². The molecule has 2 N–H and O–H groups in total. The van der Waals surface area contributed by atoms with Gasteiger partial charge < -0.3 is 20.3 Å². The molecule has 3 aromatic rings. The first kappa shape index (κ1) is 24.3. The van der Waals surface area contributed by atoms with E-state index in [9.17, 15) is 9.59 Å². The lowest BCUT2D eigenvalue weighted by Gasteiger charge is -2.32. The Labute approximate surface area is 206 Å². The van der Waals surface area contributed by atoms with E-state index in [2.05, 4.69) is 46.5 Å². The first-order valence-corrected chi connectivity index (χ1v) is 12.0. The number of pyridine rings is 1. The second-order valence-electron chi connectivity index (χ2n) is 9.12. The molecule has 1 aliphatic rings. The minimum atomic E-state index is -0.209. The van der Waals surface area contributed by atoms with Crippen LogP contribution in [0.2, 0.25) is 0 Å². The van der Waals surface area contributed by atoms with Crippen LogP contribution in [0.4, 0.5) is 17.2 Å². The lowest BCUT2D eigenvalue weighted by Crippen LogP contribution is -2.38. The molecule has 1 fully saturated rings. The fourth-order valence-corrected chi connectivity index (χ4v) is 4.20. The van der Waals surface area contributed by atoms with Crippen molar-refractivity contribution in [3.05, 3.63) is 78.0 Å². The van der Waals surface area contributed by atoms with Crippen LogP contribution in [0.3, 0.4) is 0 Å².